The lowest BCUT2D eigenvalue weighted by Gasteiger charge is -2.29. The second-order valence-corrected chi connectivity index (χ2v) is 10.7. The number of hydrogen-bond donors (Lipinski definition) is 1. The van der Waals surface area contributed by atoms with Gasteiger partial charge in [0.2, 0.25) is 0 Å². The standard InChI is InChI=1S/C29H44O3/c1-10-11-12-13-17-32-27-24(22(3)16-14-15-21(2)18-26(30)31)19-23(28(4,5)6)20-25(27)29(7,8)9/h14-16,18-20H,10-13,17H2,1-9H3,(H,30,31). The van der Waals surface area contributed by atoms with Crippen LogP contribution in [0.2, 0.25) is 0 Å². The number of aliphatic carboxylic acids is 1. The summed E-state index contributed by atoms with van der Waals surface area (Å²) in [6.07, 6.45) is 11.7. The van der Waals surface area contributed by atoms with Crippen molar-refractivity contribution in [3.8, 4) is 5.75 Å². The summed E-state index contributed by atoms with van der Waals surface area (Å²) in [5.74, 6) is 0.0428. The Bertz CT molecular complexity index is 856. The van der Waals surface area contributed by atoms with Gasteiger partial charge in [-0.3, -0.25) is 0 Å². The van der Waals surface area contributed by atoms with Crippen LogP contribution in [0.25, 0.3) is 5.57 Å². The van der Waals surface area contributed by atoms with E-state index in [9.17, 15) is 4.79 Å². The van der Waals surface area contributed by atoms with Crippen LogP contribution in [0.5, 0.6) is 5.75 Å². The van der Waals surface area contributed by atoms with Crippen molar-refractivity contribution in [1.82, 2.24) is 0 Å². The van der Waals surface area contributed by atoms with Crippen molar-refractivity contribution in [2.45, 2.75) is 98.8 Å². The normalized spacial score (nSPS) is 13.7. The number of benzene rings is 1. The van der Waals surface area contributed by atoms with Gasteiger partial charge in [0.25, 0.3) is 0 Å². The maximum Gasteiger partial charge on any atom is 0.328 e. The van der Waals surface area contributed by atoms with Crippen LogP contribution in [0.4, 0.5) is 0 Å². The van der Waals surface area contributed by atoms with Gasteiger partial charge in [0, 0.05) is 17.2 Å². The highest BCUT2D eigenvalue weighted by atomic mass is 16.5. The van der Waals surface area contributed by atoms with E-state index in [1.807, 2.05) is 18.2 Å². The maximum atomic E-state index is 10.9. The summed E-state index contributed by atoms with van der Waals surface area (Å²) in [6.45, 7) is 20.2. The fraction of sp³-hybridized carbons (Fsp3) is 0.552. The van der Waals surface area contributed by atoms with E-state index >= 15 is 0 Å². The zero-order valence-corrected chi connectivity index (χ0v) is 21.8. The van der Waals surface area contributed by atoms with Gasteiger partial charge < -0.3 is 9.84 Å². The van der Waals surface area contributed by atoms with Crippen molar-refractivity contribution in [2.75, 3.05) is 6.61 Å². The Kier molecular flexibility index (Phi) is 10.5. The van der Waals surface area contributed by atoms with Crippen LogP contribution >= 0.6 is 0 Å². The molecule has 0 unspecified atom stereocenters. The van der Waals surface area contributed by atoms with E-state index in [4.69, 9.17) is 9.84 Å². The van der Waals surface area contributed by atoms with E-state index in [1.54, 1.807) is 6.92 Å². The van der Waals surface area contributed by atoms with Crippen LogP contribution in [0.3, 0.4) is 0 Å². The fourth-order valence-electron chi connectivity index (χ4n) is 3.45. The van der Waals surface area contributed by atoms with E-state index < -0.39 is 5.97 Å². The molecule has 0 aromatic heterocycles. The molecule has 0 atom stereocenters. The lowest BCUT2D eigenvalue weighted by molar-refractivity contribution is -0.131. The molecule has 1 N–H and O–H groups in total. The number of carboxylic acids is 1. The van der Waals surface area contributed by atoms with Crippen molar-refractivity contribution < 1.29 is 14.6 Å². The van der Waals surface area contributed by atoms with Crippen LogP contribution in [-0.2, 0) is 15.6 Å². The zero-order chi connectivity index (χ0) is 24.5. The van der Waals surface area contributed by atoms with Crippen molar-refractivity contribution in [3.05, 3.63) is 58.7 Å². The topological polar surface area (TPSA) is 46.5 Å². The number of ether oxygens (including phenoxy) is 1. The molecule has 0 bridgehead atoms. The highest BCUT2D eigenvalue weighted by Gasteiger charge is 2.26. The Hall–Kier alpha value is -2.29. The van der Waals surface area contributed by atoms with E-state index in [2.05, 4.69) is 67.5 Å². The van der Waals surface area contributed by atoms with Gasteiger partial charge in [0.15, 0.2) is 0 Å². The van der Waals surface area contributed by atoms with Gasteiger partial charge in [0.05, 0.1) is 6.61 Å². The van der Waals surface area contributed by atoms with E-state index in [0.29, 0.717) is 12.2 Å². The first kappa shape index (κ1) is 27.7. The Labute approximate surface area is 196 Å². The first-order valence-corrected chi connectivity index (χ1v) is 11.9. The fourth-order valence-corrected chi connectivity index (χ4v) is 3.45. The maximum absolute atomic E-state index is 10.9. The summed E-state index contributed by atoms with van der Waals surface area (Å²) < 4.78 is 6.46. The molecule has 0 aliphatic heterocycles. The molecule has 0 radical (unpaired) electrons. The highest BCUT2D eigenvalue weighted by Crippen LogP contribution is 2.41. The van der Waals surface area contributed by atoms with Gasteiger partial charge in [-0.25, -0.2) is 4.79 Å². The number of rotatable bonds is 10. The molecule has 1 aromatic rings. The average molecular weight is 441 g/mol. The summed E-state index contributed by atoms with van der Waals surface area (Å²) in [7, 11) is 0. The molecule has 0 saturated heterocycles. The van der Waals surface area contributed by atoms with Crippen molar-refractivity contribution in [1.29, 1.82) is 0 Å². The second kappa shape index (κ2) is 12.1. The van der Waals surface area contributed by atoms with Crippen LogP contribution in [-0.4, -0.2) is 17.7 Å². The molecule has 178 valence electrons. The van der Waals surface area contributed by atoms with Gasteiger partial charge >= 0.3 is 5.97 Å². The van der Waals surface area contributed by atoms with Crippen molar-refractivity contribution in [3.63, 3.8) is 0 Å². The molecule has 0 spiro atoms. The largest absolute Gasteiger partial charge is 0.493 e. The quantitative estimate of drug-likeness (QED) is 0.226. The Balaban J connectivity index is 3.51. The van der Waals surface area contributed by atoms with Crippen LogP contribution < -0.4 is 4.74 Å². The summed E-state index contributed by atoms with van der Waals surface area (Å²) in [6, 6.07) is 4.57. The predicted molar refractivity (Wildman–Crippen MR) is 138 cm³/mol. The number of carbonyl (C=O) groups is 1. The van der Waals surface area contributed by atoms with Crippen molar-refractivity contribution in [2.24, 2.45) is 0 Å². The number of hydrogen-bond acceptors (Lipinski definition) is 2. The molecule has 3 heteroatoms. The van der Waals surface area contributed by atoms with E-state index in [0.717, 1.165) is 23.3 Å². The summed E-state index contributed by atoms with van der Waals surface area (Å²) in [5, 5.41) is 8.91. The lowest BCUT2D eigenvalue weighted by atomic mass is 9.78. The van der Waals surface area contributed by atoms with E-state index in [1.165, 1.54) is 36.5 Å². The first-order valence-electron chi connectivity index (χ1n) is 11.9. The Morgan fingerprint density at radius 2 is 1.66 bits per heavy atom. The number of allylic oxidation sites excluding steroid dienone is 5. The van der Waals surface area contributed by atoms with Gasteiger partial charge in [0.1, 0.15) is 5.75 Å². The molecule has 0 aliphatic carbocycles. The molecule has 1 rings (SSSR count). The number of carboxylic acid groups (broad SMARTS) is 1. The molecule has 0 heterocycles. The molecule has 0 amide bonds. The zero-order valence-electron chi connectivity index (χ0n) is 21.8. The minimum Gasteiger partial charge on any atom is -0.493 e. The Morgan fingerprint density at radius 1 is 1.00 bits per heavy atom. The molecule has 3 nitrogen and oxygen atoms in total. The number of unbranched alkanes of at least 4 members (excludes halogenated alkanes) is 3. The van der Waals surface area contributed by atoms with Crippen LogP contribution in [0, 0.1) is 0 Å². The van der Waals surface area contributed by atoms with Gasteiger partial charge in [-0.15, -0.1) is 0 Å². The Morgan fingerprint density at radius 3 is 2.19 bits per heavy atom. The third-order valence-corrected chi connectivity index (χ3v) is 5.49. The lowest BCUT2D eigenvalue weighted by Crippen LogP contribution is -2.19. The average Bonchev–Trinajstić information content (AvgIpc) is 2.65. The molecule has 0 fully saturated rings. The third kappa shape index (κ3) is 9.06. The van der Waals surface area contributed by atoms with Crippen molar-refractivity contribution >= 4 is 11.5 Å². The SMILES string of the molecule is CCCCCCOc1c(C(C)=CC=CC(C)=CC(=O)O)cc(C(C)(C)C)cc1C(C)(C)C. The highest BCUT2D eigenvalue weighted by molar-refractivity contribution is 5.81. The molecule has 0 aliphatic rings. The van der Waals surface area contributed by atoms with Gasteiger partial charge in [-0.1, -0.05) is 92.0 Å². The minimum atomic E-state index is -0.931. The van der Waals surface area contributed by atoms with Crippen LogP contribution in [0.1, 0.15) is 105 Å². The third-order valence-electron chi connectivity index (χ3n) is 5.49. The minimum absolute atomic E-state index is 0.0192. The smallest absolute Gasteiger partial charge is 0.328 e. The summed E-state index contributed by atoms with van der Waals surface area (Å²) in [5.41, 5.74) is 5.40. The second-order valence-electron chi connectivity index (χ2n) is 10.7. The van der Waals surface area contributed by atoms with Gasteiger partial charge in [-0.2, -0.15) is 0 Å². The molecule has 0 saturated carbocycles. The molecule has 1 aromatic carbocycles. The monoisotopic (exact) mass is 440 g/mol. The molecular weight excluding hydrogens is 396 g/mol. The van der Waals surface area contributed by atoms with Crippen LogP contribution in [0.15, 0.2) is 42.0 Å². The summed E-state index contributed by atoms with van der Waals surface area (Å²) >= 11 is 0. The summed E-state index contributed by atoms with van der Waals surface area (Å²) in [4.78, 5) is 10.9. The molecule has 32 heavy (non-hydrogen) atoms. The first-order chi connectivity index (χ1) is 14.8. The van der Waals surface area contributed by atoms with E-state index in [-0.39, 0.29) is 10.8 Å². The van der Waals surface area contributed by atoms with Gasteiger partial charge in [-0.05, 0) is 53.9 Å². The predicted octanol–water partition coefficient (Wildman–Crippen LogP) is 8.23. The molecular formula is C29H44O3.